The number of nitrogens with two attached hydrogens (primary N) is 1. The predicted octanol–water partition coefficient (Wildman–Crippen LogP) is 1.75. The minimum absolute atomic E-state index is 0.126. The molecular weight excluding hydrogens is 250 g/mol. The highest BCUT2D eigenvalue weighted by Crippen LogP contribution is 2.30. The zero-order valence-electron chi connectivity index (χ0n) is 12.1. The minimum atomic E-state index is 0.126. The maximum atomic E-state index is 12.6. The van der Waals surface area contributed by atoms with Gasteiger partial charge in [-0.3, -0.25) is 9.69 Å². The van der Waals surface area contributed by atoms with Crippen LogP contribution in [0.15, 0.2) is 18.2 Å². The van der Waals surface area contributed by atoms with Crippen LogP contribution in [0.5, 0.6) is 0 Å². The van der Waals surface area contributed by atoms with Crippen LogP contribution < -0.4 is 5.73 Å². The van der Waals surface area contributed by atoms with Crippen molar-refractivity contribution in [3.63, 3.8) is 0 Å². The van der Waals surface area contributed by atoms with Crippen LogP contribution in [0.3, 0.4) is 0 Å². The van der Waals surface area contributed by atoms with Gasteiger partial charge in [0.15, 0.2) is 0 Å². The van der Waals surface area contributed by atoms with Crippen molar-refractivity contribution in [2.75, 3.05) is 38.5 Å². The van der Waals surface area contributed by atoms with Gasteiger partial charge in [0.25, 0.3) is 5.91 Å². The SMILES string of the molecule is Cc1ccc(N)cc1C(=O)N1CCN(CC2CC2)CC1. The normalized spacial score (nSPS) is 20.1. The summed E-state index contributed by atoms with van der Waals surface area (Å²) in [5.41, 5.74) is 8.21. The van der Waals surface area contributed by atoms with Gasteiger partial charge in [0.1, 0.15) is 0 Å². The molecule has 1 aromatic carbocycles. The van der Waals surface area contributed by atoms with E-state index in [0.717, 1.165) is 43.2 Å². The second-order valence-electron chi connectivity index (χ2n) is 6.11. The Balaban J connectivity index is 1.61. The van der Waals surface area contributed by atoms with E-state index in [9.17, 15) is 4.79 Å². The van der Waals surface area contributed by atoms with Crippen LogP contribution in [-0.4, -0.2) is 48.4 Å². The smallest absolute Gasteiger partial charge is 0.254 e. The van der Waals surface area contributed by atoms with Gasteiger partial charge in [-0.2, -0.15) is 0 Å². The molecule has 4 nitrogen and oxygen atoms in total. The molecule has 0 radical (unpaired) electrons. The zero-order chi connectivity index (χ0) is 14.1. The summed E-state index contributed by atoms with van der Waals surface area (Å²) in [5.74, 6) is 1.05. The molecule has 1 saturated heterocycles. The lowest BCUT2D eigenvalue weighted by Gasteiger charge is -2.35. The molecule has 2 fully saturated rings. The van der Waals surface area contributed by atoms with Crippen molar-refractivity contribution < 1.29 is 4.79 Å². The first-order chi connectivity index (χ1) is 9.63. The number of hydrogen-bond donors (Lipinski definition) is 1. The third kappa shape index (κ3) is 2.96. The fourth-order valence-electron chi connectivity index (χ4n) is 2.84. The molecule has 0 spiro atoms. The van der Waals surface area contributed by atoms with E-state index in [2.05, 4.69) is 4.90 Å². The average Bonchev–Trinajstić information content (AvgIpc) is 3.26. The molecule has 3 rings (SSSR count). The molecule has 1 saturated carbocycles. The Bertz CT molecular complexity index is 502. The second-order valence-corrected chi connectivity index (χ2v) is 6.11. The first kappa shape index (κ1) is 13.4. The van der Waals surface area contributed by atoms with Gasteiger partial charge in [-0.15, -0.1) is 0 Å². The van der Waals surface area contributed by atoms with Gasteiger partial charge in [0.2, 0.25) is 0 Å². The number of benzene rings is 1. The molecule has 4 heteroatoms. The van der Waals surface area contributed by atoms with Crippen molar-refractivity contribution in [1.82, 2.24) is 9.80 Å². The Morgan fingerprint density at radius 1 is 1.25 bits per heavy atom. The molecular formula is C16H23N3O. The first-order valence-electron chi connectivity index (χ1n) is 7.51. The number of anilines is 1. The summed E-state index contributed by atoms with van der Waals surface area (Å²) in [6.07, 6.45) is 2.78. The van der Waals surface area contributed by atoms with E-state index in [4.69, 9.17) is 5.73 Å². The molecule has 108 valence electrons. The van der Waals surface area contributed by atoms with Crippen molar-refractivity contribution >= 4 is 11.6 Å². The van der Waals surface area contributed by atoms with E-state index < -0.39 is 0 Å². The van der Waals surface area contributed by atoms with Gasteiger partial charge in [0.05, 0.1) is 0 Å². The Morgan fingerprint density at radius 2 is 1.95 bits per heavy atom. The molecule has 20 heavy (non-hydrogen) atoms. The number of nitrogens with zero attached hydrogens (tertiary/aromatic N) is 2. The summed E-state index contributed by atoms with van der Waals surface area (Å²) in [6, 6.07) is 5.57. The van der Waals surface area contributed by atoms with Gasteiger partial charge in [-0.25, -0.2) is 0 Å². The largest absolute Gasteiger partial charge is 0.399 e. The third-order valence-corrected chi connectivity index (χ3v) is 4.36. The Morgan fingerprint density at radius 3 is 2.60 bits per heavy atom. The highest BCUT2D eigenvalue weighted by atomic mass is 16.2. The van der Waals surface area contributed by atoms with E-state index >= 15 is 0 Å². The standard InChI is InChI=1S/C16H23N3O/c1-12-2-5-14(17)10-15(12)16(20)19-8-6-18(7-9-19)11-13-3-4-13/h2,5,10,13H,3-4,6-9,11,17H2,1H3. The van der Waals surface area contributed by atoms with Crippen LogP contribution in [0.2, 0.25) is 0 Å². The van der Waals surface area contributed by atoms with E-state index in [1.165, 1.54) is 19.4 Å². The first-order valence-corrected chi connectivity index (χ1v) is 7.51. The summed E-state index contributed by atoms with van der Waals surface area (Å²) < 4.78 is 0. The monoisotopic (exact) mass is 273 g/mol. The van der Waals surface area contributed by atoms with Crippen LogP contribution in [0.4, 0.5) is 5.69 Å². The van der Waals surface area contributed by atoms with Crippen LogP contribution in [-0.2, 0) is 0 Å². The van der Waals surface area contributed by atoms with Crippen molar-refractivity contribution in [1.29, 1.82) is 0 Å². The lowest BCUT2D eigenvalue weighted by atomic mass is 10.1. The van der Waals surface area contributed by atoms with Crippen LogP contribution in [0.1, 0.15) is 28.8 Å². The molecule has 1 aliphatic heterocycles. The number of rotatable bonds is 3. The molecule has 1 aromatic rings. The molecule has 0 atom stereocenters. The van der Waals surface area contributed by atoms with Gasteiger partial charge >= 0.3 is 0 Å². The number of carbonyl (C=O) groups is 1. The maximum Gasteiger partial charge on any atom is 0.254 e. The fraction of sp³-hybridized carbons (Fsp3) is 0.562. The van der Waals surface area contributed by atoms with Crippen molar-refractivity contribution in [2.24, 2.45) is 5.92 Å². The van der Waals surface area contributed by atoms with Gasteiger partial charge < -0.3 is 10.6 Å². The topological polar surface area (TPSA) is 49.6 Å². The summed E-state index contributed by atoms with van der Waals surface area (Å²) in [7, 11) is 0. The highest BCUT2D eigenvalue weighted by molar-refractivity contribution is 5.96. The van der Waals surface area contributed by atoms with Gasteiger partial charge in [-0.05, 0) is 43.4 Å². The number of nitrogen functional groups attached to an aromatic ring is 1. The van der Waals surface area contributed by atoms with E-state index in [0.29, 0.717) is 5.69 Å². The Hall–Kier alpha value is -1.55. The zero-order valence-corrected chi connectivity index (χ0v) is 12.1. The van der Waals surface area contributed by atoms with E-state index in [-0.39, 0.29) is 5.91 Å². The molecule has 0 aromatic heterocycles. The molecule has 2 N–H and O–H groups in total. The molecule has 1 amide bonds. The summed E-state index contributed by atoms with van der Waals surface area (Å²) in [5, 5.41) is 0. The summed E-state index contributed by atoms with van der Waals surface area (Å²) >= 11 is 0. The fourth-order valence-corrected chi connectivity index (χ4v) is 2.84. The lowest BCUT2D eigenvalue weighted by molar-refractivity contribution is 0.0631. The number of aryl methyl sites for hydroxylation is 1. The molecule has 1 aliphatic carbocycles. The quantitative estimate of drug-likeness (QED) is 0.854. The molecule has 0 bridgehead atoms. The number of carbonyl (C=O) groups excluding carboxylic acids is 1. The minimum Gasteiger partial charge on any atom is -0.399 e. The number of amides is 1. The van der Waals surface area contributed by atoms with E-state index in [1.54, 1.807) is 6.07 Å². The average molecular weight is 273 g/mol. The summed E-state index contributed by atoms with van der Waals surface area (Å²) in [4.78, 5) is 17.0. The number of piperazine rings is 1. The van der Waals surface area contributed by atoms with Crippen molar-refractivity contribution in [3.05, 3.63) is 29.3 Å². The lowest BCUT2D eigenvalue weighted by Crippen LogP contribution is -2.49. The molecule has 0 unspecified atom stereocenters. The Labute approximate surface area is 120 Å². The highest BCUT2D eigenvalue weighted by Gasteiger charge is 2.28. The Kier molecular flexibility index (Phi) is 3.66. The van der Waals surface area contributed by atoms with E-state index in [1.807, 2.05) is 24.0 Å². The molecule has 2 aliphatic rings. The number of hydrogen-bond acceptors (Lipinski definition) is 3. The summed E-state index contributed by atoms with van der Waals surface area (Å²) in [6.45, 7) is 6.86. The molecule has 1 heterocycles. The van der Waals surface area contributed by atoms with Crippen molar-refractivity contribution in [3.8, 4) is 0 Å². The third-order valence-electron chi connectivity index (χ3n) is 4.36. The van der Waals surface area contributed by atoms with Gasteiger partial charge in [0, 0.05) is 44.0 Å². The van der Waals surface area contributed by atoms with Crippen LogP contribution in [0.25, 0.3) is 0 Å². The van der Waals surface area contributed by atoms with Crippen LogP contribution in [0, 0.1) is 12.8 Å². The second kappa shape index (κ2) is 5.44. The van der Waals surface area contributed by atoms with Gasteiger partial charge in [-0.1, -0.05) is 6.07 Å². The predicted molar refractivity (Wildman–Crippen MR) is 80.7 cm³/mol. The maximum absolute atomic E-state index is 12.6. The van der Waals surface area contributed by atoms with Crippen LogP contribution >= 0.6 is 0 Å². The van der Waals surface area contributed by atoms with Crippen molar-refractivity contribution in [2.45, 2.75) is 19.8 Å².